The molecule has 5 atom stereocenters. The molecule has 1 aliphatic carbocycles. The van der Waals surface area contributed by atoms with E-state index in [1.807, 2.05) is 7.05 Å². The van der Waals surface area contributed by atoms with E-state index in [1.54, 1.807) is 38.2 Å². The van der Waals surface area contributed by atoms with Gasteiger partial charge in [0.15, 0.2) is 11.8 Å². The van der Waals surface area contributed by atoms with Gasteiger partial charge in [0, 0.05) is 32.1 Å². The van der Waals surface area contributed by atoms with Crippen molar-refractivity contribution in [3.05, 3.63) is 42.4 Å². The van der Waals surface area contributed by atoms with Gasteiger partial charge in [-0.05, 0) is 62.3 Å². The largest absolute Gasteiger partial charge is 0.479 e. The van der Waals surface area contributed by atoms with Gasteiger partial charge in [-0.2, -0.15) is 0 Å². The molecule has 2 fully saturated rings. The number of aryl methyl sites for hydroxylation is 1. The van der Waals surface area contributed by atoms with Gasteiger partial charge in [0.25, 0.3) is 0 Å². The van der Waals surface area contributed by atoms with Gasteiger partial charge in [0.1, 0.15) is 46.0 Å². The number of ether oxygens (including phenoxy) is 2. The van der Waals surface area contributed by atoms with Crippen molar-refractivity contribution in [2.75, 3.05) is 35.4 Å². The third kappa shape index (κ3) is 7.06. The van der Waals surface area contributed by atoms with E-state index in [0.29, 0.717) is 16.9 Å². The molecule has 5 rings (SSSR count). The number of nitrogens with zero attached hydrogens (tertiary/aromatic N) is 5. The van der Waals surface area contributed by atoms with Crippen LogP contribution >= 0.6 is 0 Å². The molecule has 16 heteroatoms. The van der Waals surface area contributed by atoms with Crippen molar-refractivity contribution in [3.63, 3.8) is 0 Å². The standard InChI is InChI=1S/C31H41N5O10S/c1-5-47(43,44)15-18-7-9-19(10-8-18)34(3)27-20-12-13-36(28(20)33-16-32-27)31(42)35(4)21-14-17(2)6-11-22(21)45-30-25(39)23(37)24(38)26(46-30)29(40)41/h6,11-14,16,18-19,23-26,30,37-39H,5,7-10,15H2,1-4H3,(H,40,41)/t18?,19?,23-,24-,25+,26-,30+/m0/s1. The number of anilines is 2. The molecule has 1 amide bonds. The first-order valence-corrected chi connectivity index (χ1v) is 17.3. The van der Waals surface area contributed by atoms with Gasteiger partial charge in [-0.25, -0.2) is 28.0 Å². The number of fused-ring (bicyclic) bond motifs is 1. The molecular formula is C31H41N5O10S. The van der Waals surface area contributed by atoms with E-state index < -0.39 is 52.5 Å². The Labute approximate surface area is 272 Å². The van der Waals surface area contributed by atoms with Crippen molar-refractivity contribution in [1.29, 1.82) is 0 Å². The Morgan fingerprint density at radius 1 is 1.04 bits per heavy atom. The number of amides is 1. The molecule has 47 heavy (non-hydrogen) atoms. The Hall–Kier alpha value is -3.83. The second-order valence-electron chi connectivity index (χ2n) is 12.3. The van der Waals surface area contributed by atoms with E-state index in [0.717, 1.165) is 31.2 Å². The van der Waals surface area contributed by atoms with Crippen molar-refractivity contribution in [2.45, 2.75) is 76.3 Å². The van der Waals surface area contributed by atoms with Crippen molar-refractivity contribution in [2.24, 2.45) is 5.92 Å². The third-order valence-corrected chi connectivity index (χ3v) is 11.0. The van der Waals surface area contributed by atoms with Crippen LogP contribution in [0.3, 0.4) is 0 Å². The van der Waals surface area contributed by atoms with E-state index in [2.05, 4.69) is 14.9 Å². The molecule has 3 heterocycles. The van der Waals surface area contributed by atoms with Gasteiger partial charge < -0.3 is 34.8 Å². The zero-order chi connectivity index (χ0) is 34.2. The molecule has 256 valence electrons. The Kier molecular flexibility index (Phi) is 10.1. The highest BCUT2D eigenvalue weighted by Crippen LogP contribution is 2.35. The van der Waals surface area contributed by atoms with Gasteiger partial charge in [0.05, 0.1) is 16.8 Å². The number of aliphatic hydroxyl groups is 3. The van der Waals surface area contributed by atoms with Crippen LogP contribution in [0.1, 0.15) is 38.2 Å². The molecular weight excluding hydrogens is 634 g/mol. The van der Waals surface area contributed by atoms with Gasteiger partial charge >= 0.3 is 12.0 Å². The molecule has 3 aromatic rings. The quantitative estimate of drug-likeness (QED) is 0.254. The molecule has 4 N–H and O–H groups in total. The highest BCUT2D eigenvalue weighted by Gasteiger charge is 2.48. The SMILES string of the molecule is CCS(=O)(=O)CC1CCC(N(C)c2ncnc3c2ccn3C(=O)N(C)c2cc(C)ccc2O[C@@H]2O[C@H](C(=O)O)[C@@H](O)[C@H](O)[C@H]2O)CC1. The molecule has 1 aliphatic heterocycles. The van der Waals surface area contributed by atoms with Crippen molar-refractivity contribution < 1.29 is 47.9 Å². The first-order chi connectivity index (χ1) is 22.2. The van der Waals surface area contributed by atoms with E-state index in [-0.39, 0.29) is 34.9 Å². The Morgan fingerprint density at radius 3 is 2.40 bits per heavy atom. The number of carboxylic acid groups (broad SMARTS) is 1. The number of sulfone groups is 1. The smallest absolute Gasteiger partial charge is 0.335 e. The summed E-state index contributed by atoms with van der Waals surface area (Å²) in [5, 5.41) is 40.8. The van der Waals surface area contributed by atoms with Crippen LogP contribution in [0.25, 0.3) is 11.0 Å². The predicted octanol–water partition coefficient (Wildman–Crippen LogP) is 1.54. The van der Waals surface area contributed by atoms with Crippen LogP contribution in [0.2, 0.25) is 0 Å². The highest BCUT2D eigenvalue weighted by atomic mass is 32.2. The number of rotatable bonds is 9. The summed E-state index contributed by atoms with van der Waals surface area (Å²) in [5.41, 5.74) is 1.39. The summed E-state index contributed by atoms with van der Waals surface area (Å²) in [6.07, 6.45) is -2.83. The first-order valence-electron chi connectivity index (χ1n) is 15.5. The van der Waals surface area contributed by atoms with Crippen LogP contribution in [0.4, 0.5) is 16.3 Å². The maximum Gasteiger partial charge on any atom is 0.335 e. The summed E-state index contributed by atoms with van der Waals surface area (Å²) >= 11 is 0. The van der Waals surface area contributed by atoms with E-state index in [4.69, 9.17) is 9.47 Å². The van der Waals surface area contributed by atoms with Crippen LogP contribution in [-0.4, -0.2) is 118 Å². The number of hydrogen-bond acceptors (Lipinski definition) is 12. The second-order valence-corrected chi connectivity index (χ2v) is 14.7. The monoisotopic (exact) mass is 675 g/mol. The van der Waals surface area contributed by atoms with Crippen LogP contribution in [0.5, 0.6) is 5.75 Å². The van der Waals surface area contributed by atoms with Crippen molar-refractivity contribution in [1.82, 2.24) is 14.5 Å². The van der Waals surface area contributed by atoms with E-state index >= 15 is 0 Å². The number of benzene rings is 1. The van der Waals surface area contributed by atoms with Gasteiger partial charge in [0.2, 0.25) is 6.29 Å². The van der Waals surface area contributed by atoms with Gasteiger partial charge in [-0.1, -0.05) is 13.0 Å². The fraction of sp³-hybridized carbons (Fsp3) is 0.548. The number of aliphatic carboxylic acids is 1. The summed E-state index contributed by atoms with van der Waals surface area (Å²) in [4.78, 5) is 37.8. The molecule has 1 aromatic carbocycles. The number of carbonyl (C=O) groups excluding carboxylic acids is 1. The van der Waals surface area contributed by atoms with Gasteiger partial charge in [-0.15, -0.1) is 0 Å². The van der Waals surface area contributed by atoms with Crippen LogP contribution in [-0.2, 0) is 19.4 Å². The van der Waals surface area contributed by atoms with Crippen LogP contribution in [0, 0.1) is 12.8 Å². The van der Waals surface area contributed by atoms with Crippen molar-refractivity contribution >= 4 is 44.4 Å². The molecule has 1 saturated heterocycles. The van der Waals surface area contributed by atoms with E-state index in [9.17, 15) is 38.4 Å². The number of carboxylic acids is 1. The average Bonchev–Trinajstić information content (AvgIpc) is 3.49. The Balaban J connectivity index is 1.36. The lowest BCUT2D eigenvalue weighted by molar-refractivity contribution is -0.271. The number of aliphatic hydroxyl groups excluding tert-OH is 3. The summed E-state index contributed by atoms with van der Waals surface area (Å²) in [6.45, 7) is 3.47. The minimum atomic E-state index is -3.03. The minimum absolute atomic E-state index is 0.0528. The highest BCUT2D eigenvalue weighted by molar-refractivity contribution is 7.91. The maximum absolute atomic E-state index is 13.9. The fourth-order valence-electron chi connectivity index (χ4n) is 6.25. The Morgan fingerprint density at radius 2 is 1.74 bits per heavy atom. The molecule has 15 nitrogen and oxygen atoms in total. The number of carbonyl (C=O) groups is 2. The molecule has 0 spiro atoms. The molecule has 1 saturated carbocycles. The summed E-state index contributed by atoms with van der Waals surface area (Å²) in [6, 6.07) is 6.25. The fourth-order valence-corrected chi connectivity index (χ4v) is 7.54. The summed E-state index contributed by atoms with van der Waals surface area (Å²) in [5.74, 6) is -0.345. The van der Waals surface area contributed by atoms with Crippen LogP contribution < -0.4 is 14.5 Å². The lowest BCUT2D eigenvalue weighted by Gasteiger charge is -2.38. The molecule has 2 aromatic heterocycles. The third-order valence-electron chi connectivity index (χ3n) is 9.11. The number of aromatic nitrogens is 3. The lowest BCUT2D eigenvalue weighted by atomic mass is 9.86. The summed E-state index contributed by atoms with van der Waals surface area (Å²) < 4.78 is 36.7. The maximum atomic E-state index is 13.9. The first kappa shape index (κ1) is 34.5. The lowest BCUT2D eigenvalue weighted by Crippen LogP contribution is -2.61. The van der Waals surface area contributed by atoms with Gasteiger partial charge in [-0.3, -0.25) is 9.47 Å². The zero-order valence-corrected chi connectivity index (χ0v) is 27.4. The predicted molar refractivity (Wildman–Crippen MR) is 171 cm³/mol. The van der Waals surface area contributed by atoms with Crippen molar-refractivity contribution in [3.8, 4) is 5.75 Å². The molecule has 2 aliphatic rings. The average molecular weight is 676 g/mol. The van der Waals surface area contributed by atoms with E-state index in [1.165, 1.54) is 28.9 Å². The zero-order valence-electron chi connectivity index (χ0n) is 26.6. The minimum Gasteiger partial charge on any atom is -0.479 e. The van der Waals surface area contributed by atoms with Crippen LogP contribution in [0.15, 0.2) is 36.8 Å². The molecule has 0 unspecified atom stereocenters. The second kappa shape index (κ2) is 13.7. The Bertz CT molecular complexity index is 1720. The molecule has 0 bridgehead atoms. The summed E-state index contributed by atoms with van der Waals surface area (Å²) in [7, 11) is 0.412. The normalized spacial score (nSPS) is 26.6. The molecule has 0 radical (unpaired) electrons. The topological polar surface area (TPSA) is 205 Å². The number of hydrogen-bond donors (Lipinski definition) is 4.